The van der Waals surface area contributed by atoms with Crippen LogP contribution in [0.25, 0.3) is 10.9 Å². The highest BCUT2D eigenvalue weighted by atomic mass is 16.4. The third-order valence-corrected chi connectivity index (χ3v) is 2.82. The van der Waals surface area contributed by atoms with E-state index in [0.717, 1.165) is 6.54 Å². The van der Waals surface area contributed by atoms with E-state index in [-0.39, 0.29) is 6.42 Å². The number of carboxylic acids is 1. The van der Waals surface area contributed by atoms with E-state index >= 15 is 0 Å². The van der Waals surface area contributed by atoms with Gasteiger partial charge in [0.15, 0.2) is 0 Å². The van der Waals surface area contributed by atoms with Gasteiger partial charge in [-0.3, -0.25) is 4.79 Å². The van der Waals surface area contributed by atoms with Gasteiger partial charge in [0, 0.05) is 30.1 Å². The normalized spacial score (nSPS) is 10.8. The van der Waals surface area contributed by atoms with Crippen molar-refractivity contribution >= 4 is 16.9 Å². The third kappa shape index (κ3) is 2.08. The molecule has 0 aliphatic heterocycles. The fourth-order valence-electron chi connectivity index (χ4n) is 1.97. The first-order valence-electron chi connectivity index (χ1n) is 5.45. The Kier molecular flexibility index (Phi) is 2.95. The van der Waals surface area contributed by atoms with E-state index in [0.29, 0.717) is 6.42 Å². The summed E-state index contributed by atoms with van der Waals surface area (Å²) in [6.45, 7) is 2.85. The van der Waals surface area contributed by atoms with Crippen molar-refractivity contribution in [2.24, 2.45) is 0 Å². The molecular weight excluding hydrogens is 202 g/mol. The molecule has 0 spiro atoms. The fraction of sp³-hybridized carbons (Fsp3) is 0.308. The van der Waals surface area contributed by atoms with Crippen molar-refractivity contribution in [1.29, 1.82) is 0 Å². The third-order valence-electron chi connectivity index (χ3n) is 2.82. The van der Waals surface area contributed by atoms with Crippen LogP contribution in [-0.2, 0) is 11.3 Å². The number of aliphatic carboxylic acids is 1. The van der Waals surface area contributed by atoms with Crippen molar-refractivity contribution in [3.63, 3.8) is 0 Å². The van der Waals surface area contributed by atoms with Crippen LogP contribution in [0, 0.1) is 6.92 Å². The van der Waals surface area contributed by atoms with Gasteiger partial charge in [-0.1, -0.05) is 12.1 Å². The van der Waals surface area contributed by atoms with Gasteiger partial charge in [0.1, 0.15) is 0 Å². The van der Waals surface area contributed by atoms with Crippen molar-refractivity contribution in [2.75, 3.05) is 0 Å². The van der Waals surface area contributed by atoms with Crippen LogP contribution in [0.5, 0.6) is 0 Å². The topological polar surface area (TPSA) is 42.2 Å². The molecule has 0 fully saturated rings. The summed E-state index contributed by atoms with van der Waals surface area (Å²) in [6, 6.07) is 8.28. The summed E-state index contributed by atoms with van der Waals surface area (Å²) in [5.41, 5.74) is 2.44. The molecule has 0 radical (unpaired) electrons. The number of aryl methyl sites for hydroxylation is 2. The van der Waals surface area contributed by atoms with Crippen molar-refractivity contribution in [2.45, 2.75) is 26.3 Å². The van der Waals surface area contributed by atoms with Gasteiger partial charge < -0.3 is 9.67 Å². The SMILES string of the molecule is Cc1cccc2c1ccn2CCCC(=O)O. The number of carbonyl (C=O) groups is 1. The van der Waals surface area contributed by atoms with E-state index in [2.05, 4.69) is 29.7 Å². The Bertz CT molecular complexity index is 514. The van der Waals surface area contributed by atoms with Crippen LogP contribution in [0.3, 0.4) is 0 Å². The van der Waals surface area contributed by atoms with Crippen LogP contribution >= 0.6 is 0 Å². The van der Waals surface area contributed by atoms with Crippen LogP contribution in [0.2, 0.25) is 0 Å². The Morgan fingerprint density at radius 1 is 1.38 bits per heavy atom. The van der Waals surface area contributed by atoms with Crippen LogP contribution < -0.4 is 0 Å². The molecule has 0 amide bonds. The number of carboxylic acid groups (broad SMARTS) is 1. The molecule has 0 saturated carbocycles. The maximum atomic E-state index is 10.4. The second kappa shape index (κ2) is 4.39. The van der Waals surface area contributed by atoms with Gasteiger partial charge in [-0.05, 0) is 31.0 Å². The molecule has 1 heterocycles. The minimum atomic E-state index is -0.729. The molecule has 0 aliphatic rings. The molecule has 0 bridgehead atoms. The summed E-state index contributed by atoms with van der Waals surface area (Å²) in [4.78, 5) is 10.4. The highest BCUT2D eigenvalue weighted by Crippen LogP contribution is 2.19. The molecule has 0 saturated heterocycles. The van der Waals surface area contributed by atoms with Gasteiger partial charge in [-0.15, -0.1) is 0 Å². The maximum absolute atomic E-state index is 10.4. The first kappa shape index (κ1) is 10.7. The highest BCUT2D eigenvalue weighted by molar-refractivity contribution is 5.83. The fourth-order valence-corrected chi connectivity index (χ4v) is 1.97. The standard InChI is InChI=1S/C13H15NO2/c1-10-4-2-5-12-11(10)7-9-14(12)8-3-6-13(15)16/h2,4-5,7,9H,3,6,8H2,1H3,(H,15,16). The lowest BCUT2D eigenvalue weighted by Gasteiger charge is -2.04. The molecule has 0 atom stereocenters. The Hall–Kier alpha value is -1.77. The van der Waals surface area contributed by atoms with Crippen molar-refractivity contribution in [3.8, 4) is 0 Å². The first-order valence-corrected chi connectivity index (χ1v) is 5.45. The summed E-state index contributed by atoms with van der Waals surface area (Å²) >= 11 is 0. The van der Waals surface area contributed by atoms with E-state index in [4.69, 9.17) is 5.11 Å². The lowest BCUT2D eigenvalue weighted by Crippen LogP contribution is -2.00. The minimum absolute atomic E-state index is 0.228. The van der Waals surface area contributed by atoms with E-state index in [1.807, 2.05) is 12.3 Å². The molecule has 0 unspecified atom stereocenters. The van der Waals surface area contributed by atoms with E-state index in [1.165, 1.54) is 16.5 Å². The monoisotopic (exact) mass is 217 g/mol. The Morgan fingerprint density at radius 3 is 2.94 bits per heavy atom. The summed E-state index contributed by atoms with van der Waals surface area (Å²) in [6.07, 6.45) is 2.93. The quantitative estimate of drug-likeness (QED) is 0.855. The summed E-state index contributed by atoms with van der Waals surface area (Å²) in [5.74, 6) is -0.729. The lowest BCUT2D eigenvalue weighted by molar-refractivity contribution is -0.137. The largest absolute Gasteiger partial charge is 0.481 e. The van der Waals surface area contributed by atoms with Crippen LogP contribution in [0.1, 0.15) is 18.4 Å². The number of fused-ring (bicyclic) bond motifs is 1. The molecule has 84 valence electrons. The molecule has 1 aromatic heterocycles. The predicted octanol–water partition coefficient (Wildman–Crippen LogP) is 2.81. The number of rotatable bonds is 4. The molecule has 2 rings (SSSR count). The minimum Gasteiger partial charge on any atom is -0.481 e. The van der Waals surface area contributed by atoms with Crippen molar-refractivity contribution in [3.05, 3.63) is 36.0 Å². The Balaban J connectivity index is 2.19. The van der Waals surface area contributed by atoms with Gasteiger partial charge in [-0.2, -0.15) is 0 Å². The van der Waals surface area contributed by atoms with Crippen LogP contribution in [0.4, 0.5) is 0 Å². The molecule has 1 aromatic carbocycles. The van der Waals surface area contributed by atoms with Gasteiger partial charge >= 0.3 is 5.97 Å². The predicted molar refractivity (Wildman–Crippen MR) is 63.5 cm³/mol. The highest BCUT2D eigenvalue weighted by Gasteiger charge is 2.03. The van der Waals surface area contributed by atoms with E-state index in [9.17, 15) is 4.79 Å². The zero-order chi connectivity index (χ0) is 11.5. The number of nitrogens with zero attached hydrogens (tertiary/aromatic N) is 1. The summed E-state index contributed by atoms with van der Waals surface area (Å²) in [5, 5.41) is 9.84. The van der Waals surface area contributed by atoms with E-state index < -0.39 is 5.97 Å². The second-order valence-electron chi connectivity index (χ2n) is 4.01. The molecule has 3 nitrogen and oxygen atoms in total. The number of aromatic nitrogens is 1. The van der Waals surface area contributed by atoms with E-state index in [1.54, 1.807) is 0 Å². The molecular formula is C13H15NO2. The van der Waals surface area contributed by atoms with Gasteiger partial charge in [0.05, 0.1) is 0 Å². The maximum Gasteiger partial charge on any atom is 0.303 e. The molecule has 16 heavy (non-hydrogen) atoms. The zero-order valence-electron chi connectivity index (χ0n) is 9.31. The number of hydrogen-bond donors (Lipinski definition) is 1. The zero-order valence-corrected chi connectivity index (χ0v) is 9.31. The summed E-state index contributed by atoms with van der Waals surface area (Å²) in [7, 11) is 0. The smallest absolute Gasteiger partial charge is 0.303 e. The summed E-state index contributed by atoms with van der Waals surface area (Å²) < 4.78 is 2.12. The molecule has 0 aliphatic carbocycles. The van der Waals surface area contributed by atoms with Gasteiger partial charge in [0.2, 0.25) is 0 Å². The van der Waals surface area contributed by atoms with Crippen molar-refractivity contribution in [1.82, 2.24) is 4.57 Å². The second-order valence-corrected chi connectivity index (χ2v) is 4.01. The average Bonchev–Trinajstić information content (AvgIpc) is 2.63. The number of hydrogen-bond acceptors (Lipinski definition) is 1. The Morgan fingerprint density at radius 2 is 2.19 bits per heavy atom. The first-order chi connectivity index (χ1) is 7.68. The lowest BCUT2D eigenvalue weighted by atomic mass is 10.1. The molecule has 2 aromatic rings. The molecule has 3 heteroatoms. The van der Waals surface area contributed by atoms with Crippen molar-refractivity contribution < 1.29 is 9.90 Å². The van der Waals surface area contributed by atoms with Gasteiger partial charge in [0.25, 0.3) is 0 Å². The van der Waals surface area contributed by atoms with Gasteiger partial charge in [-0.25, -0.2) is 0 Å². The average molecular weight is 217 g/mol. The van der Waals surface area contributed by atoms with Crippen LogP contribution in [-0.4, -0.2) is 15.6 Å². The number of benzene rings is 1. The molecule has 1 N–H and O–H groups in total. The Labute approximate surface area is 94.3 Å². The van der Waals surface area contributed by atoms with Crippen LogP contribution in [0.15, 0.2) is 30.5 Å².